The van der Waals surface area contributed by atoms with Crippen molar-refractivity contribution in [2.75, 3.05) is 5.32 Å². The number of nitrogens with one attached hydrogen (secondary N) is 1. The van der Waals surface area contributed by atoms with Crippen molar-refractivity contribution in [1.82, 2.24) is 4.98 Å². The number of carboxylic acid groups (broad SMARTS) is 1. The highest BCUT2D eigenvalue weighted by molar-refractivity contribution is 7.14. The lowest BCUT2D eigenvalue weighted by molar-refractivity contribution is 0.0699. The van der Waals surface area contributed by atoms with Gasteiger partial charge in [-0.1, -0.05) is 18.2 Å². The number of furan rings is 1. The number of benzene rings is 1. The minimum absolute atomic E-state index is 0.0650. The number of halogens is 1. The molecule has 0 saturated heterocycles. The van der Waals surface area contributed by atoms with E-state index in [1.54, 1.807) is 24.3 Å². The van der Waals surface area contributed by atoms with E-state index in [9.17, 15) is 19.1 Å². The summed E-state index contributed by atoms with van der Waals surface area (Å²) >= 11 is 1.09. The van der Waals surface area contributed by atoms with Gasteiger partial charge in [-0.05, 0) is 23.8 Å². The number of carboxylic acids is 1. The number of carbonyl (C=O) groups excluding carboxylic acids is 1. The van der Waals surface area contributed by atoms with Crippen LogP contribution in [-0.4, -0.2) is 22.0 Å². The first-order valence-corrected chi connectivity index (χ1v) is 8.67. The minimum Gasteiger partial charge on any atom is -0.478 e. The van der Waals surface area contributed by atoms with E-state index in [1.165, 1.54) is 17.6 Å². The molecule has 0 fully saturated rings. The van der Waals surface area contributed by atoms with Crippen LogP contribution in [0.5, 0.6) is 0 Å². The van der Waals surface area contributed by atoms with E-state index in [2.05, 4.69) is 10.3 Å². The Bertz CT molecular complexity index is 1150. The molecule has 6 nitrogen and oxygen atoms in total. The lowest BCUT2D eigenvalue weighted by atomic mass is 10.1. The Labute approximate surface area is 155 Å². The zero-order chi connectivity index (χ0) is 19.0. The molecular formula is C19H11FN2O4S. The number of hydrogen-bond acceptors (Lipinski definition) is 5. The van der Waals surface area contributed by atoms with Crippen molar-refractivity contribution in [1.29, 1.82) is 0 Å². The molecule has 27 heavy (non-hydrogen) atoms. The Morgan fingerprint density at radius 3 is 2.74 bits per heavy atom. The minimum atomic E-state index is -1.23. The molecule has 1 amide bonds. The predicted octanol–water partition coefficient (Wildman–Crippen LogP) is 4.65. The van der Waals surface area contributed by atoms with Crippen LogP contribution < -0.4 is 5.32 Å². The smallest absolute Gasteiger partial charge is 0.339 e. The number of anilines is 1. The second-order valence-electron chi connectivity index (χ2n) is 5.63. The van der Waals surface area contributed by atoms with Gasteiger partial charge in [-0.25, -0.2) is 9.78 Å². The van der Waals surface area contributed by atoms with Crippen LogP contribution in [-0.2, 0) is 0 Å². The van der Waals surface area contributed by atoms with E-state index in [4.69, 9.17) is 4.42 Å². The van der Waals surface area contributed by atoms with Gasteiger partial charge in [-0.3, -0.25) is 4.79 Å². The second kappa shape index (κ2) is 6.65. The number of carbonyl (C=O) groups is 2. The molecular weight excluding hydrogens is 371 g/mol. The van der Waals surface area contributed by atoms with Crippen LogP contribution in [0.4, 0.5) is 10.1 Å². The van der Waals surface area contributed by atoms with E-state index in [1.807, 2.05) is 6.07 Å². The van der Waals surface area contributed by atoms with Crippen molar-refractivity contribution in [3.8, 4) is 10.4 Å². The monoisotopic (exact) mass is 382 g/mol. The number of fused-ring (bicyclic) bond motifs is 1. The van der Waals surface area contributed by atoms with Gasteiger partial charge >= 0.3 is 5.97 Å². The van der Waals surface area contributed by atoms with Gasteiger partial charge in [0.2, 0.25) is 5.95 Å². The first-order valence-electron chi connectivity index (χ1n) is 7.79. The van der Waals surface area contributed by atoms with Crippen molar-refractivity contribution in [3.63, 3.8) is 0 Å². The number of thiophene rings is 1. The van der Waals surface area contributed by atoms with Crippen LogP contribution in [0.2, 0.25) is 0 Å². The van der Waals surface area contributed by atoms with Crippen molar-refractivity contribution in [2.45, 2.75) is 0 Å². The standard InChI is InChI=1S/C19H11FN2O4S/c20-15-8-11(5-6-21-15)17-16(19(24)25)12(9-27-17)22-18(23)14-7-10-3-1-2-4-13(10)26-14/h1-9H,(H,22,23)(H,24,25). The van der Waals surface area contributed by atoms with Crippen molar-refractivity contribution >= 4 is 39.9 Å². The molecule has 0 saturated carbocycles. The van der Waals surface area contributed by atoms with Crippen molar-refractivity contribution < 1.29 is 23.5 Å². The zero-order valence-electron chi connectivity index (χ0n) is 13.6. The number of rotatable bonds is 4. The van der Waals surface area contributed by atoms with E-state index < -0.39 is 17.8 Å². The van der Waals surface area contributed by atoms with Crippen LogP contribution in [0.15, 0.2) is 58.5 Å². The van der Waals surface area contributed by atoms with Gasteiger partial charge in [0.1, 0.15) is 11.1 Å². The molecule has 3 aromatic heterocycles. The van der Waals surface area contributed by atoms with Crippen LogP contribution in [0, 0.1) is 5.95 Å². The molecule has 134 valence electrons. The molecule has 0 spiro atoms. The van der Waals surface area contributed by atoms with Gasteiger partial charge in [-0.15, -0.1) is 11.3 Å². The van der Waals surface area contributed by atoms with Crippen molar-refractivity contribution in [3.05, 3.63) is 71.3 Å². The summed E-state index contributed by atoms with van der Waals surface area (Å²) in [5, 5.41) is 14.4. The fourth-order valence-corrected chi connectivity index (χ4v) is 3.69. The summed E-state index contributed by atoms with van der Waals surface area (Å²) in [6.07, 6.45) is 1.25. The van der Waals surface area contributed by atoms with Gasteiger partial charge in [0.25, 0.3) is 5.91 Å². The number of amides is 1. The topological polar surface area (TPSA) is 92.4 Å². The molecule has 8 heteroatoms. The van der Waals surface area contributed by atoms with Gasteiger partial charge in [0.05, 0.1) is 10.6 Å². The summed E-state index contributed by atoms with van der Waals surface area (Å²) in [6, 6.07) is 11.4. The Kier molecular flexibility index (Phi) is 4.17. The molecule has 4 aromatic rings. The lowest BCUT2D eigenvalue weighted by Gasteiger charge is -2.05. The summed E-state index contributed by atoms with van der Waals surface area (Å²) in [4.78, 5) is 28.0. The first-order chi connectivity index (χ1) is 13.0. The summed E-state index contributed by atoms with van der Waals surface area (Å²) < 4.78 is 18.9. The van der Waals surface area contributed by atoms with Crippen LogP contribution in [0.1, 0.15) is 20.9 Å². The largest absolute Gasteiger partial charge is 0.478 e. The van der Waals surface area contributed by atoms with E-state index >= 15 is 0 Å². The van der Waals surface area contributed by atoms with Crippen LogP contribution in [0.25, 0.3) is 21.4 Å². The van der Waals surface area contributed by atoms with Gasteiger partial charge in [0.15, 0.2) is 5.76 Å². The highest BCUT2D eigenvalue weighted by atomic mass is 32.1. The number of pyridine rings is 1. The highest BCUT2D eigenvalue weighted by Crippen LogP contribution is 2.36. The second-order valence-corrected chi connectivity index (χ2v) is 6.51. The summed E-state index contributed by atoms with van der Waals surface area (Å²) in [7, 11) is 0. The third-order valence-electron chi connectivity index (χ3n) is 3.89. The van der Waals surface area contributed by atoms with Crippen LogP contribution >= 0.6 is 11.3 Å². The lowest BCUT2D eigenvalue weighted by Crippen LogP contribution is -2.13. The maximum Gasteiger partial charge on any atom is 0.339 e. The van der Waals surface area contributed by atoms with Gasteiger partial charge in [0, 0.05) is 23.0 Å². The SMILES string of the molecule is O=C(Nc1csc(-c2ccnc(F)c2)c1C(=O)O)c1cc2ccccc2o1. The molecule has 0 radical (unpaired) electrons. The highest BCUT2D eigenvalue weighted by Gasteiger charge is 2.23. The average molecular weight is 382 g/mol. The normalized spacial score (nSPS) is 10.9. The Hall–Kier alpha value is -3.52. The molecule has 0 atom stereocenters. The predicted molar refractivity (Wildman–Crippen MR) is 98.6 cm³/mol. The molecule has 1 aromatic carbocycles. The average Bonchev–Trinajstić information content (AvgIpc) is 3.25. The molecule has 0 aliphatic carbocycles. The first kappa shape index (κ1) is 16.9. The van der Waals surface area contributed by atoms with Gasteiger partial charge in [-0.2, -0.15) is 4.39 Å². The fourth-order valence-electron chi connectivity index (χ4n) is 2.70. The van der Waals surface area contributed by atoms with Gasteiger partial charge < -0.3 is 14.8 Å². The maximum atomic E-state index is 13.4. The van der Waals surface area contributed by atoms with E-state index in [-0.39, 0.29) is 17.0 Å². The third kappa shape index (κ3) is 3.18. The molecule has 0 aliphatic rings. The number of para-hydroxylation sites is 1. The fraction of sp³-hybridized carbons (Fsp3) is 0. The Morgan fingerprint density at radius 2 is 2.00 bits per heavy atom. The number of aromatic nitrogens is 1. The van der Waals surface area contributed by atoms with Crippen molar-refractivity contribution in [2.24, 2.45) is 0 Å². The van der Waals surface area contributed by atoms with E-state index in [0.29, 0.717) is 16.0 Å². The van der Waals surface area contributed by atoms with Crippen LogP contribution in [0.3, 0.4) is 0 Å². The number of hydrogen-bond donors (Lipinski definition) is 2. The molecule has 0 unspecified atom stereocenters. The number of nitrogens with zero attached hydrogens (tertiary/aromatic N) is 1. The Balaban J connectivity index is 1.69. The molecule has 4 rings (SSSR count). The number of aromatic carboxylic acids is 1. The maximum absolute atomic E-state index is 13.4. The zero-order valence-corrected chi connectivity index (χ0v) is 14.4. The summed E-state index contributed by atoms with van der Waals surface area (Å²) in [6.45, 7) is 0. The third-order valence-corrected chi connectivity index (χ3v) is 4.92. The molecule has 0 bridgehead atoms. The summed E-state index contributed by atoms with van der Waals surface area (Å²) in [5.74, 6) is -2.46. The quantitative estimate of drug-likeness (QED) is 0.502. The Morgan fingerprint density at radius 1 is 1.19 bits per heavy atom. The molecule has 3 heterocycles. The molecule has 0 aliphatic heterocycles. The summed E-state index contributed by atoms with van der Waals surface area (Å²) in [5.41, 5.74) is 0.925. The molecule has 2 N–H and O–H groups in total. The van der Waals surface area contributed by atoms with E-state index in [0.717, 1.165) is 22.8 Å².